The summed E-state index contributed by atoms with van der Waals surface area (Å²) in [6.07, 6.45) is 1.62. The second-order valence-electron chi connectivity index (χ2n) is 4.46. The average Bonchev–Trinajstić information content (AvgIpc) is 3.02. The molecular formula is C14H13N5O4. The smallest absolute Gasteiger partial charge is 0.356 e. The van der Waals surface area contributed by atoms with E-state index in [2.05, 4.69) is 25.0 Å². The van der Waals surface area contributed by atoms with Gasteiger partial charge >= 0.3 is 5.97 Å². The molecule has 0 atom stereocenters. The number of hydrogen-bond acceptors (Lipinski definition) is 8. The molecule has 0 saturated heterocycles. The van der Waals surface area contributed by atoms with Crippen LogP contribution in [0.15, 0.2) is 30.5 Å². The lowest BCUT2D eigenvalue weighted by Gasteiger charge is -2.08. The van der Waals surface area contributed by atoms with Crippen molar-refractivity contribution >= 4 is 17.1 Å². The lowest BCUT2D eigenvalue weighted by molar-refractivity contribution is 0.0587. The molecule has 118 valence electrons. The van der Waals surface area contributed by atoms with E-state index in [9.17, 15) is 4.79 Å². The first-order chi connectivity index (χ1) is 11.2. The second-order valence-corrected chi connectivity index (χ2v) is 4.46. The maximum atomic E-state index is 11.6. The number of carbonyl (C=O) groups is 1. The Kier molecular flexibility index (Phi) is 4.00. The lowest BCUT2D eigenvalue weighted by atomic mass is 10.3. The molecule has 3 heterocycles. The molecule has 0 fully saturated rings. The molecule has 0 aliphatic heterocycles. The van der Waals surface area contributed by atoms with Gasteiger partial charge in [-0.05, 0) is 17.3 Å². The normalized spacial score (nSPS) is 10.5. The number of aromatic nitrogens is 5. The maximum absolute atomic E-state index is 11.6. The highest BCUT2D eigenvalue weighted by Crippen LogP contribution is 2.15. The van der Waals surface area contributed by atoms with E-state index in [1.807, 2.05) is 0 Å². The van der Waals surface area contributed by atoms with Gasteiger partial charge in [0.05, 0.1) is 19.9 Å². The number of methoxy groups -OCH3 is 2. The van der Waals surface area contributed by atoms with Crippen molar-refractivity contribution in [3.05, 3.63) is 41.9 Å². The van der Waals surface area contributed by atoms with Crippen molar-refractivity contribution < 1.29 is 19.1 Å². The Morgan fingerprint density at radius 3 is 2.96 bits per heavy atom. The summed E-state index contributed by atoms with van der Waals surface area (Å²) >= 11 is 0. The Labute approximate surface area is 130 Å². The molecule has 0 saturated carbocycles. The second kappa shape index (κ2) is 6.26. The van der Waals surface area contributed by atoms with Crippen molar-refractivity contribution in [3.63, 3.8) is 0 Å². The van der Waals surface area contributed by atoms with Gasteiger partial charge in [0, 0.05) is 18.3 Å². The fourth-order valence-corrected chi connectivity index (χ4v) is 1.92. The highest BCUT2D eigenvalue weighted by atomic mass is 16.7. The van der Waals surface area contributed by atoms with Crippen molar-refractivity contribution in [1.29, 1.82) is 0 Å². The molecule has 3 aromatic heterocycles. The molecule has 0 aliphatic carbocycles. The Bertz CT molecular complexity index is 848. The fraction of sp³-hybridized carbons (Fsp3) is 0.214. The fourth-order valence-electron chi connectivity index (χ4n) is 1.92. The summed E-state index contributed by atoms with van der Waals surface area (Å²) in [4.78, 5) is 26.7. The predicted octanol–water partition coefficient (Wildman–Crippen LogP) is 0.645. The van der Waals surface area contributed by atoms with Gasteiger partial charge in [0.1, 0.15) is 11.3 Å². The van der Waals surface area contributed by atoms with E-state index in [-0.39, 0.29) is 12.3 Å². The number of nitrogens with zero attached hydrogens (tertiary/aromatic N) is 5. The number of carbonyl (C=O) groups excluding carboxylic acids is 1. The van der Waals surface area contributed by atoms with Crippen molar-refractivity contribution in [2.75, 3.05) is 14.2 Å². The summed E-state index contributed by atoms with van der Waals surface area (Å²) in [5.74, 6) is -0.0846. The van der Waals surface area contributed by atoms with Gasteiger partial charge in [-0.1, -0.05) is 4.85 Å². The standard InChI is InChI=1S/C14H13N5O4/c1-21-10-6-9(16-12(7-10)14(20)22-2)8-23-19-13-11(17-18-19)4-3-5-15-13/h3-7H,8H2,1-2H3. The first kappa shape index (κ1) is 14.7. The van der Waals surface area contributed by atoms with Crippen molar-refractivity contribution in [3.8, 4) is 5.75 Å². The zero-order chi connectivity index (χ0) is 16.2. The molecule has 0 aliphatic rings. The van der Waals surface area contributed by atoms with Gasteiger partial charge in [-0.3, -0.25) is 0 Å². The van der Waals surface area contributed by atoms with Gasteiger partial charge in [-0.25, -0.2) is 14.8 Å². The lowest BCUT2D eigenvalue weighted by Crippen LogP contribution is -2.15. The molecule has 0 unspecified atom stereocenters. The molecule has 9 heteroatoms. The van der Waals surface area contributed by atoms with E-state index >= 15 is 0 Å². The average molecular weight is 315 g/mol. The third kappa shape index (κ3) is 3.03. The number of ether oxygens (including phenoxy) is 2. The Hall–Kier alpha value is -3.23. The Morgan fingerprint density at radius 1 is 1.30 bits per heavy atom. The van der Waals surface area contributed by atoms with Crippen LogP contribution in [0.2, 0.25) is 0 Å². The number of fused-ring (bicyclic) bond motifs is 1. The largest absolute Gasteiger partial charge is 0.497 e. The van der Waals surface area contributed by atoms with Crippen LogP contribution >= 0.6 is 0 Å². The zero-order valence-electron chi connectivity index (χ0n) is 12.5. The SMILES string of the molecule is COC(=O)c1cc(OC)cc(COn2nnc3cccnc32)n1. The van der Waals surface area contributed by atoms with Crippen molar-refractivity contribution in [1.82, 2.24) is 25.1 Å². The first-order valence-electron chi connectivity index (χ1n) is 6.64. The number of pyridine rings is 2. The molecule has 3 rings (SSSR count). The van der Waals surface area contributed by atoms with E-state index in [0.29, 0.717) is 22.6 Å². The summed E-state index contributed by atoms with van der Waals surface area (Å²) in [6.45, 7) is 0.0518. The van der Waals surface area contributed by atoms with Gasteiger partial charge in [0.25, 0.3) is 0 Å². The Balaban J connectivity index is 1.83. The van der Waals surface area contributed by atoms with E-state index in [1.54, 1.807) is 24.4 Å². The molecule has 0 radical (unpaired) electrons. The molecule has 0 spiro atoms. The monoisotopic (exact) mass is 315 g/mol. The first-order valence-corrected chi connectivity index (χ1v) is 6.64. The zero-order valence-corrected chi connectivity index (χ0v) is 12.5. The number of esters is 1. The van der Waals surface area contributed by atoms with Crippen LogP contribution in [-0.4, -0.2) is 45.3 Å². The third-order valence-corrected chi connectivity index (χ3v) is 3.00. The van der Waals surface area contributed by atoms with Gasteiger partial charge in [0.15, 0.2) is 12.3 Å². The minimum atomic E-state index is -0.557. The van der Waals surface area contributed by atoms with E-state index in [0.717, 1.165) is 0 Å². The van der Waals surface area contributed by atoms with Crippen LogP contribution in [0.4, 0.5) is 0 Å². The van der Waals surface area contributed by atoms with Crippen LogP contribution in [0, 0.1) is 0 Å². The molecule has 0 amide bonds. The molecule has 0 N–H and O–H groups in total. The summed E-state index contributed by atoms with van der Waals surface area (Å²) < 4.78 is 9.81. The maximum Gasteiger partial charge on any atom is 0.356 e. The Morgan fingerprint density at radius 2 is 2.17 bits per heavy atom. The van der Waals surface area contributed by atoms with Gasteiger partial charge in [-0.15, -0.1) is 5.10 Å². The van der Waals surface area contributed by atoms with Crippen molar-refractivity contribution in [2.45, 2.75) is 6.61 Å². The molecule has 0 bridgehead atoms. The topological polar surface area (TPSA) is 101 Å². The summed E-state index contributed by atoms with van der Waals surface area (Å²) in [5.41, 5.74) is 1.71. The minimum absolute atomic E-state index is 0.0518. The van der Waals surface area contributed by atoms with E-state index in [1.165, 1.54) is 25.1 Å². The molecular weight excluding hydrogens is 302 g/mol. The van der Waals surface area contributed by atoms with Crippen molar-refractivity contribution in [2.24, 2.45) is 0 Å². The summed E-state index contributed by atoms with van der Waals surface area (Å²) in [5, 5.41) is 7.79. The predicted molar refractivity (Wildman–Crippen MR) is 77.7 cm³/mol. The summed E-state index contributed by atoms with van der Waals surface area (Å²) in [6, 6.07) is 6.67. The molecule has 9 nitrogen and oxygen atoms in total. The van der Waals surface area contributed by atoms with E-state index in [4.69, 9.17) is 9.57 Å². The van der Waals surface area contributed by atoms with Crippen LogP contribution < -0.4 is 9.57 Å². The number of hydrogen-bond donors (Lipinski definition) is 0. The van der Waals surface area contributed by atoms with Crippen LogP contribution in [0.25, 0.3) is 11.2 Å². The number of rotatable bonds is 5. The molecule has 0 aromatic carbocycles. The van der Waals surface area contributed by atoms with Crippen LogP contribution in [0.5, 0.6) is 5.75 Å². The van der Waals surface area contributed by atoms with Gasteiger partial charge in [-0.2, -0.15) is 0 Å². The highest BCUT2D eigenvalue weighted by molar-refractivity contribution is 5.87. The minimum Gasteiger partial charge on any atom is -0.497 e. The molecule has 3 aromatic rings. The van der Waals surface area contributed by atoms with Crippen LogP contribution in [-0.2, 0) is 11.3 Å². The van der Waals surface area contributed by atoms with Crippen LogP contribution in [0.3, 0.4) is 0 Å². The quantitative estimate of drug-likeness (QED) is 0.632. The van der Waals surface area contributed by atoms with Crippen LogP contribution in [0.1, 0.15) is 16.2 Å². The third-order valence-electron chi connectivity index (χ3n) is 3.00. The highest BCUT2D eigenvalue weighted by Gasteiger charge is 2.13. The molecule has 23 heavy (non-hydrogen) atoms. The van der Waals surface area contributed by atoms with Gasteiger partial charge in [0.2, 0.25) is 5.65 Å². The summed E-state index contributed by atoms with van der Waals surface area (Å²) in [7, 11) is 2.78. The van der Waals surface area contributed by atoms with Gasteiger partial charge < -0.3 is 14.3 Å². The van der Waals surface area contributed by atoms with E-state index < -0.39 is 5.97 Å².